The first-order chi connectivity index (χ1) is 27.6. The zero-order chi connectivity index (χ0) is 42.0. The van der Waals surface area contributed by atoms with E-state index in [1.165, 1.54) is 135 Å². The lowest BCUT2D eigenvalue weighted by Gasteiger charge is -2.24. The molecule has 336 valence electrons. The van der Waals surface area contributed by atoms with Gasteiger partial charge in [0.05, 0.1) is 34.4 Å². The highest BCUT2D eigenvalue weighted by Crippen LogP contribution is 2.43. The van der Waals surface area contributed by atoms with E-state index in [2.05, 4.69) is 50.3 Å². The van der Waals surface area contributed by atoms with Gasteiger partial charge in [0, 0.05) is 13.0 Å². The fourth-order valence-corrected chi connectivity index (χ4v) is 7.24. The summed E-state index contributed by atoms with van der Waals surface area (Å²) < 4.78 is 35.1. The molecule has 0 amide bonds. The number of ether oxygens (including phenoxy) is 2. The third kappa shape index (κ3) is 45.7. The summed E-state index contributed by atoms with van der Waals surface area (Å²) >= 11 is 0. The van der Waals surface area contributed by atoms with E-state index in [-0.39, 0.29) is 25.8 Å². The number of likely N-dealkylation sites (N-methyl/N-ethyl adjacent to an activating group) is 1. The van der Waals surface area contributed by atoms with Crippen molar-refractivity contribution < 1.29 is 37.3 Å². The van der Waals surface area contributed by atoms with E-state index in [1.54, 1.807) is 0 Å². The van der Waals surface area contributed by atoms with Crippen LogP contribution in [0.4, 0.5) is 0 Å². The lowest BCUT2D eigenvalue weighted by Crippen LogP contribution is -2.37. The molecule has 0 aliphatic carbocycles. The molecule has 2 atom stereocenters. The molecule has 0 spiro atoms. The normalized spacial score (nSPS) is 14.0. The van der Waals surface area contributed by atoms with Gasteiger partial charge in [-0.15, -0.1) is 0 Å². The van der Waals surface area contributed by atoms with Gasteiger partial charge in [0.15, 0.2) is 0 Å². The first kappa shape index (κ1) is 55.7. The van der Waals surface area contributed by atoms with Gasteiger partial charge in [-0.25, -0.2) is 4.57 Å². The van der Waals surface area contributed by atoms with Crippen LogP contribution in [-0.2, 0) is 27.9 Å². The zero-order valence-corrected chi connectivity index (χ0v) is 39.0. The standard InChI is InChI=1S/C48H92NO7P/c1-6-8-10-12-14-16-18-20-22-23-24-25-26-28-30-32-34-36-38-40-43-53-45-47(46-55-57(51,52)54-44-42-49(3,4)5)56-48(50)41-39-37-35-33-31-29-27-21-19-17-15-13-11-9-7-2/h14,16,20,22,24-25,47H,6-13,15,17-19,21,23,26-46H2,1-5H3/p+1/b16-14-,22-20-,25-24-. The molecule has 0 aliphatic heterocycles. The van der Waals surface area contributed by atoms with Crippen LogP contribution in [0.3, 0.4) is 0 Å². The smallest absolute Gasteiger partial charge is 0.457 e. The van der Waals surface area contributed by atoms with Crippen LogP contribution in [0.1, 0.15) is 206 Å². The Morgan fingerprint density at radius 2 is 0.965 bits per heavy atom. The minimum absolute atomic E-state index is 0.0873. The highest BCUT2D eigenvalue weighted by atomic mass is 31.2. The van der Waals surface area contributed by atoms with Crippen LogP contribution in [-0.4, -0.2) is 75.6 Å². The molecule has 9 heteroatoms. The number of quaternary nitrogens is 1. The summed E-state index contributed by atoms with van der Waals surface area (Å²) in [6, 6.07) is 0. The van der Waals surface area contributed by atoms with Crippen molar-refractivity contribution in [3.63, 3.8) is 0 Å². The van der Waals surface area contributed by atoms with E-state index in [0.29, 0.717) is 24.1 Å². The number of esters is 1. The Labute approximate surface area is 353 Å². The fourth-order valence-electron chi connectivity index (χ4n) is 6.50. The average Bonchev–Trinajstić information content (AvgIpc) is 3.16. The van der Waals surface area contributed by atoms with E-state index in [9.17, 15) is 14.3 Å². The summed E-state index contributed by atoms with van der Waals surface area (Å²) in [5, 5.41) is 0. The summed E-state index contributed by atoms with van der Waals surface area (Å²) in [4.78, 5) is 22.9. The van der Waals surface area contributed by atoms with Gasteiger partial charge in [-0.3, -0.25) is 13.8 Å². The number of hydrogen-bond acceptors (Lipinski definition) is 6. The van der Waals surface area contributed by atoms with Crippen LogP contribution in [0.2, 0.25) is 0 Å². The Hall–Kier alpha value is -1.28. The van der Waals surface area contributed by atoms with E-state index in [1.807, 2.05) is 21.1 Å². The van der Waals surface area contributed by atoms with Crippen LogP contribution in [0, 0.1) is 0 Å². The van der Waals surface area contributed by atoms with Crippen molar-refractivity contribution in [3.05, 3.63) is 36.5 Å². The fraction of sp³-hybridized carbons (Fsp3) is 0.854. The third-order valence-corrected chi connectivity index (χ3v) is 11.2. The maximum atomic E-state index is 12.7. The molecule has 0 radical (unpaired) electrons. The van der Waals surface area contributed by atoms with Gasteiger partial charge in [0.25, 0.3) is 0 Å². The Balaban J connectivity index is 4.19. The number of nitrogens with zero attached hydrogens (tertiary/aromatic N) is 1. The third-order valence-electron chi connectivity index (χ3n) is 10.2. The summed E-state index contributed by atoms with van der Waals surface area (Å²) in [6.07, 6.45) is 48.9. The predicted octanol–water partition coefficient (Wildman–Crippen LogP) is 14.2. The molecule has 0 aromatic rings. The molecule has 0 saturated carbocycles. The van der Waals surface area contributed by atoms with Crippen LogP contribution in [0.25, 0.3) is 0 Å². The molecule has 0 aromatic heterocycles. The molecule has 0 heterocycles. The van der Waals surface area contributed by atoms with Crippen molar-refractivity contribution in [2.75, 3.05) is 54.1 Å². The predicted molar refractivity (Wildman–Crippen MR) is 243 cm³/mol. The topological polar surface area (TPSA) is 91.3 Å². The molecule has 57 heavy (non-hydrogen) atoms. The summed E-state index contributed by atoms with van der Waals surface area (Å²) in [5.41, 5.74) is 0. The minimum Gasteiger partial charge on any atom is -0.457 e. The lowest BCUT2D eigenvalue weighted by atomic mass is 10.0. The molecule has 0 bridgehead atoms. The molecule has 0 aliphatic rings. The average molecular weight is 827 g/mol. The van der Waals surface area contributed by atoms with Gasteiger partial charge in [-0.2, -0.15) is 0 Å². The number of rotatable bonds is 44. The van der Waals surface area contributed by atoms with Crippen molar-refractivity contribution in [1.82, 2.24) is 0 Å². The lowest BCUT2D eigenvalue weighted by molar-refractivity contribution is -0.870. The number of carbonyl (C=O) groups is 1. The number of carbonyl (C=O) groups excluding carboxylic acids is 1. The van der Waals surface area contributed by atoms with Crippen molar-refractivity contribution in [3.8, 4) is 0 Å². The maximum absolute atomic E-state index is 12.7. The maximum Gasteiger partial charge on any atom is 0.472 e. The molecular weight excluding hydrogens is 734 g/mol. The van der Waals surface area contributed by atoms with Crippen molar-refractivity contribution in [2.45, 2.75) is 213 Å². The van der Waals surface area contributed by atoms with Crippen LogP contribution in [0.5, 0.6) is 0 Å². The molecule has 1 N–H and O–H groups in total. The van der Waals surface area contributed by atoms with Gasteiger partial charge in [0.1, 0.15) is 19.3 Å². The van der Waals surface area contributed by atoms with E-state index in [4.69, 9.17) is 18.5 Å². The van der Waals surface area contributed by atoms with Crippen LogP contribution >= 0.6 is 7.82 Å². The molecule has 2 unspecified atom stereocenters. The van der Waals surface area contributed by atoms with Crippen molar-refractivity contribution in [1.29, 1.82) is 0 Å². The molecule has 8 nitrogen and oxygen atoms in total. The Bertz CT molecular complexity index is 1010. The van der Waals surface area contributed by atoms with Gasteiger partial charge in [0.2, 0.25) is 0 Å². The molecule has 0 rings (SSSR count). The molecule has 0 fully saturated rings. The second-order valence-corrected chi connectivity index (χ2v) is 18.6. The monoisotopic (exact) mass is 827 g/mol. The van der Waals surface area contributed by atoms with Gasteiger partial charge >= 0.3 is 13.8 Å². The Morgan fingerprint density at radius 1 is 0.544 bits per heavy atom. The minimum atomic E-state index is -4.28. The van der Waals surface area contributed by atoms with Gasteiger partial charge < -0.3 is 18.9 Å². The highest BCUT2D eigenvalue weighted by Gasteiger charge is 2.26. The Morgan fingerprint density at radius 3 is 1.47 bits per heavy atom. The zero-order valence-electron chi connectivity index (χ0n) is 38.1. The quantitative estimate of drug-likeness (QED) is 0.0215. The summed E-state index contributed by atoms with van der Waals surface area (Å²) in [7, 11) is 1.66. The first-order valence-corrected chi connectivity index (χ1v) is 25.2. The summed E-state index contributed by atoms with van der Waals surface area (Å²) in [5.74, 6) is -0.315. The molecule has 0 aromatic carbocycles. The molecule has 0 saturated heterocycles. The van der Waals surface area contributed by atoms with Gasteiger partial charge in [-0.05, 0) is 51.4 Å². The number of unbranched alkanes of at least 4 members (excludes halogenated alkanes) is 24. The van der Waals surface area contributed by atoms with Crippen molar-refractivity contribution >= 4 is 13.8 Å². The molecular formula is C48H93NO7P+. The SMILES string of the molecule is CCCCC/C=C\C/C=C\C/C=C\CCCCCCCCCOCC(COP(=O)(O)OCC[N+](C)(C)C)OC(=O)CCCCCCCCCCCCCCCCC. The van der Waals surface area contributed by atoms with E-state index >= 15 is 0 Å². The van der Waals surface area contributed by atoms with E-state index < -0.39 is 13.9 Å². The van der Waals surface area contributed by atoms with Crippen LogP contribution in [0.15, 0.2) is 36.5 Å². The highest BCUT2D eigenvalue weighted by molar-refractivity contribution is 7.47. The first-order valence-electron chi connectivity index (χ1n) is 23.7. The van der Waals surface area contributed by atoms with Gasteiger partial charge in [-0.1, -0.05) is 185 Å². The number of phosphoric ester groups is 1. The van der Waals surface area contributed by atoms with E-state index in [0.717, 1.165) is 51.4 Å². The largest absolute Gasteiger partial charge is 0.472 e. The number of hydrogen-bond donors (Lipinski definition) is 1. The van der Waals surface area contributed by atoms with Crippen molar-refractivity contribution in [2.24, 2.45) is 0 Å². The summed E-state index contributed by atoms with van der Waals surface area (Å²) in [6.45, 7) is 5.60. The number of allylic oxidation sites excluding steroid dienone is 6. The second-order valence-electron chi connectivity index (χ2n) is 17.1. The number of phosphoric acid groups is 1. The van der Waals surface area contributed by atoms with Crippen LogP contribution < -0.4 is 0 Å². The Kier molecular flexibility index (Phi) is 40.5. The second kappa shape index (κ2) is 41.5.